The van der Waals surface area contributed by atoms with Gasteiger partial charge in [0, 0.05) is 12.4 Å². The highest BCUT2D eigenvalue weighted by atomic mass is 19.2. The van der Waals surface area contributed by atoms with Gasteiger partial charge in [-0.25, -0.2) is 13.2 Å². The Hall–Kier alpha value is -3.23. The summed E-state index contributed by atoms with van der Waals surface area (Å²) in [5.74, 6) is -4.12. The molecule has 0 saturated carbocycles. The summed E-state index contributed by atoms with van der Waals surface area (Å²) in [6.07, 6.45) is 1.23. The number of allylic oxidation sites excluding steroid dienone is 4. The maximum atomic E-state index is 14.2. The van der Waals surface area contributed by atoms with Crippen LogP contribution in [0, 0.1) is 0 Å². The number of H-pyrrole nitrogens is 2. The smallest absolute Gasteiger partial charge is 0.255 e. The van der Waals surface area contributed by atoms with Crippen LogP contribution >= 0.6 is 0 Å². The highest BCUT2D eigenvalue weighted by Gasteiger charge is 2.43. The summed E-state index contributed by atoms with van der Waals surface area (Å²) in [7, 11) is 0. The van der Waals surface area contributed by atoms with Crippen LogP contribution in [0.1, 0.15) is 24.0 Å². The topological polar surface area (TPSA) is 106 Å². The molecule has 2 atom stereocenters. The third kappa shape index (κ3) is 3.05. The van der Waals surface area contributed by atoms with Gasteiger partial charge in [0.1, 0.15) is 17.3 Å². The Morgan fingerprint density at radius 1 is 1.07 bits per heavy atom. The average Bonchev–Trinajstić information content (AvgIpc) is 2.58. The van der Waals surface area contributed by atoms with Gasteiger partial charge in [-0.2, -0.15) is 0 Å². The molecule has 3 rings (SSSR count). The average molecular weight is 380 g/mol. The molecule has 1 aliphatic rings. The molecule has 0 aliphatic heterocycles. The Labute approximate surface area is 150 Å². The molecule has 0 spiro atoms. The van der Waals surface area contributed by atoms with Crippen LogP contribution in [0.15, 0.2) is 57.7 Å². The van der Waals surface area contributed by atoms with Crippen molar-refractivity contribution in [3.8, 4) is 11.5 Å². The Bertz CT molecular complexity index is 1010. The molecule has 0 radical (unpaired) electrons. The summed E-state index contributed by atoms with van der Waals surface area (Å²) in [6.45, 7) is 0.714. The van der Waals surface area contributed by atoms with Gasteiger partial charge >= 0.3 is 0 Å². The van der Waals surface area contributed by atoms with Crippen LogP contribution in [-0.2, 0) is 0 Å². The molecule has 27 heavy (non-hydrogen) atoms. The second kappa shape index (κ2) is 6.49. The number of aromatic amines is 2. The predicted octanol–water partition coefficient (Wildman–Crippen LogP) is 2.47. The normalized spacial score (nSPS) is 22.5. The molecule has 4 N–H and O–H groups in total. The van der Waals surface area contributed by atoms with Crippen molar-refractivity contribution in [1.82, 2.24) is 9.97 Å². The molecule has 2 heterocycles. The monoisotopic (exact) mass is 380 g/mol. The van der Waals surface area contributed by atoms with Gasteiger partial charge in [0.05, 0.1) is 17.0 Å². The van der Waals surface area contributed by atoms with E-state index in [1.807, 2.05) is 0 Å². The third-order valence-electron chi connectivity index (χ3n) is 4.48. The molecule has 142 valence electrons. The molecule has 2 aromatic heterocycles. The van der Waals surface area contributed by atoms with Crippen LogP contribution in [0.3, 0.4) is 0 Å². The van der Waals surface area contributed by atoms with Crippen molar-refractivity contribution in [2.75, 3.05) is 0 Å². The van der Waals surface area contributed by atoms with Gasteiger partial charge in [0.15, 0.2) is 11.8 Å². The van der Waals surface area contributed by atoms with Crippen LogP contribution < -0.4 is 11.1 Å². The summed E-state index contributed by atoms with van der Waals surface area (Å²) in [6, 6.07) is 2.21. The molecule has 0 bridgehead atoms. The van der Waals surface area contributed by atoms with Crippen molar-refractivity contribution < 1.29 is 23.4 Å². The van der Waals surface area contributed by atoms with E-state index in [0.717, 1.165) is 24.5 Å². The van der Waals surface area contributed by atoms with Crippen molar-refractivity contribution >= 4 is 0 Å². The van der Waals surface area contributed by atoms with Gasteiger partial charge < -0.3 is 20.2 Å². The highest BCUT2D eigenvalue weighted by Crippen LogP contribution is 2.43. The summed E-state index contributed by atoms with van der Waals surface area (Å²) >= 11 is 0. The van der Waals surface area contributed by atoms with Crippen molar-refractivity contribution in [1.29, 1.82) is 0 Å². The van der Waals surface area contributed by atoms with E-state index in [2.05, 4.69) is 9.97 Å². The Kier molecular flexibility index (Phi) is 4.46. The van der Waals surface area contributed by atoms with Gasteiger partial charge in [-0.05, 0) is 36.8 Å². The molecule has 1 aliphatic carbocycles. The molecule has 2 aromatic rings. The first-order valence-corrected chi connectivity index (χ1v) is 7.88. The van der Waals surface area contributed by atoms with Crippen LogP contribution in [0.4, 0.5) is 13.2 Å². The molecular formula is C18H15F3N2O4. The lowest BCUT2D eigenvalue weighted by molar-refractivity contribution is 0.105. The SMILES string of the molecule is CC1(F)C(F)=CC(C(c2c(O)cc[nH]c2=O)c2c(O)cc[nH]c2=O)=CC1F. The highest BCUT2D eigenvalue weighted by molar-refractivity contribution is 5.54. The zero-order valence-corrected chi connectivity index (χ0v) is 14.0. The molecule has 0 saturated heterocycles. The number of aromatic nitrogens is 2. The second-order valence-electron chi connectivity index (χ2n) is 6.28. The van der Waals surface area contributed by atoms with Crippen LogP contribution in [-0.4, -0.2) is 32.0 Å². The van der Waals surface area contributed by atoms with Gasteiger partial charge in [-0.1, -0.05) is 0 Å². The van der Waals surface area contributed by atoms with E-state index in [1.54, 1.807) is 0 Å². The third-order valence-corrected chi connectivity index (χ3v) is 4.48. The first kappa shape index (κ1) is 18.6. The van der Waals surface area contributed by atoms with E-state index in [-0.39, 0.29) is 5.57 Å². The molecule has 6 nitrogen and oxygen atoms in total. The molecule has 0 aromatic carbocycles. The number of rotatable bonds is 3. The van der Waals surface area contributed by atoms with Crippen molar-refractivity contribution in [2.24, 2.45) is 0 Å². The van der Waals surface area contributed by atoms with E-state index in [9.17, 15) is 33.0 Å². The Morgan fingerprint density at radius 2 is 1.56 bits per heavy atom. The van der Waals surface area contributed by atoms with Crippen LogP contribution in [0.5, 0.6) is 11.5 Å². The molecule has 0 fully saturated rings. The molecule has 0 amide bonds. The lowest BCUT2D eigenvalue weighted by atomic mass is 9.80. The van der Waals surface area contributed by atoms with Crippen molar-refractivity contribution in [2.45, 2.75) is 24.7 Å². The minimum atomic E-state index is -2.91. The fraction of sp³-hybridized carbons (Fsp3) is 0.222. The van der Waals surface area contributed by atoms with Crippen LogP contribution in [0.25, 0.3) is 0 Å². The minimum absolute atomic E-state index is 0.297. The van der Waals surface area contributed by atoms with Gasteiger partial charge in [0.2, 0.25) is 0 Å². The number of aromatic hydroxyl groups is 2. The standard InChI is InChI=1S/C18H15F3N2O4/c1-18(21)11(19)6-8(7-12(18)20)13(14-9(24)2-4-22-16(14)26)15-10(25)3-5-23-17(15)27/h2-7,11,13H,1H3,(H2,22,24,26)(H2,23,25,27). The first-order valence-electron chi connectivity index (χ1n) is 7.88. The van der Waals surface area contributed by atoms with Crippen molar-refractivity contribution in [3.63, 3.8) is 0 Å². The summed E-state index contributed by atoms with van der Waals surface area (Å²) < 4.78 is 42.5. The predicted molar refractivity (Wildman–Crippen MR) is 91.0 cm³/mol. The number of halogens is 3. The van der Waals surface area contributed by atoms with E-state index < -0.39 is 57.3 Å². The van der Waals surface area contributed by atoms with Gasteiger partial charge in [-0.3, -0.25) is 9.59 Å². The molecule has 2 unspecified atom stereocenters. The first-order chi connectivity index (χ1) is 12.6. The maximum Gasteiger partial charge on any atom is 0.255 e. The summed E-state index contributed by atoms with van der Waals surface area (Å²) in [5, 5.41) is 20.3. The summed E-state index contributed by atoms with van der Waals surface area (Å²) in [4.78, 5) is 29.2. The number of pyridine rings is 2. The van der Waals surface area contributed by atoms with E-state index in [1.165, 1.54) is 0 Å². The fourth-order valence-electron chi connectivity index (χ4n) is 2.97. The lowest BCUT2D eigenvalue weighted by Gasteiger charge is -2.28. The van der Waals surface area contributed by atoms with E-state index in [4.69, 9.17) is 0 Å². The van der Waals surface area contributed by atoms with Crippen molar-refractivity contribution in [3.05, 3.63) is 79.9 Å². The zero-order valence-electron chi connectivity index (χ0n) is 14.0. The Morgan fingerprint density at radius 3 is 1.96 bits per heavy atom. The number of nitrogens with one attached hydrogen (secondary N) is 2. The lowest BCUT2D eigenvalue weighted by Crippen LogP contribution is -2.35. The molecular weight excluding hydrogens is 365 g/mol. The number of hydrogen-bond acceptors (Lipinski definition) is 4. The van der Waals surface area contributed by atoms with E-state index >= 15 is 0 Å². The zero-order chi connectivity index (χ0) is 19.9. The van der Waals surface area contributed by atoms with Gasteiger partial charge in [-0.15, -0.1) is 0 Å². The second-order valence-corrected chi connectivity index (χ2v) is 6.28. The minimum Gasteiger partial charge on any atom is -0.507 e. The van der Waals surface area contributed by atoms with E-state index in [0.29, 0.717) is 19.1 Å². The van der Waals surface area contributed by atoms with Crippen LogP contribution in [0.2, 0.25) is 0 Å². The maximum absolute atomic E-state index is 14.2. The quantitative estimate of drug-likeness (QED) is 0.656. The largest absolute Gasteiger partial charge is 0.507 e. The molecule has 9 heteroatoms. The van der Waals surface area contributed by atoms with Gasteiger partial charge in [0.25, 0.3) is 11.1 Å². The fourth-order valence-corrected chi connectivity index (χ4v) is 2.97. The number of hydrogen-bond donors (Lipinski definition) is 4. The summed E-state index contributed by atoms with van der Waals surface area (Å²) in [5.41, 5.74) is -5.74. The number of alkyl halides is 2. The Balaban J connectivity index is 2.35.